The molecule has 120 valence electrons. The lowest BCUT2D eigenvalue weighted by molar-refractivity contribution is 1.27. The van der Waals surface area contributed by atoms with E-state index in [1.807, 2.05) is 61.5 Å². The Balaban J connectivity index is 2.21. The molecule has 0 amide bonds. The number of nitrogens with one attached hydrogen (secondary N) is 1. The Bertz CT molecular complexity index is 993. The van der Waals surface area contributed by atoms with Gasteiger partial charge in [0.05, 0.1) is 0 Å². The van der Waals surface area contributed by atoms with Crippen molar-refractivity contribution < 1.29 is 0 Å². The van der Waals surface area contributed by atoms with Gasteiger partial charge >= 0.3 is 0 Å². The lowest BCUT2D eigenvalue weighted by Gasteiger charge is -2.14. The number of hydrogen-bond donors (Lipinski definition) is 2. The van der Waals surface area contributed by atoms with Gasteiger partial charge in [-0.2, -0.15) is 10.5 Å². The minimum atomic E-state index is 0.0926. The summed E-state index contributed by atoms with van der Waals surface area (Å²) in [6.45, 7) is 2.00. The Kier molecular flexibility index (Phi) is 4.32. The number of nitrogen functional groups attached to an aromatic ring is 1. The highest BCUT2D eigenvalue weighted by Crippen LogP contribution is 2.34. The Labute approximate surface area is 146 Å². The molecule has 0 radical (unpaired) electrons. The van der Waals surface area contributed by atoms with E-state index in [0.29, 0.717) is 11.4 Å². The number of benzene rings is 2. The van der Waals surface area contributed by atoms with Crippen molar-refractivity contribution in [2.75, 3.05) is 11.1 Å². The maximum Gasteiger partial charge on any atom is 0.151 e. The van der Waals surface area contributed by atoms with E-state index < -0.39 is 0 Å². The van der Waals surface area contributed by atoms with Crippen LogP contribution in [0.1, 0.15) is 16.7 Å². The molecule has 1 aromatic heterocycles. The third-order valence-corrected chi connectivity index (χ3v) is 3.83. The smallest absolute Gasteiger partial charge is 0.151 e. The van der Waals surface area contributed by atoms with Crippen molar-refractivity contribution >= 4 is 17.3 Å². The number of pyridine rings is 1. The highest BCUT2D eigenvalue weighted by Gasteiger charge is 2.20. The summed E-state index contributed by atoms with van der Waals surface area (Å²) >= 11 is 0. The number of aromatic nitrogens is 1. The van der Waals surface area contributed by atoms with E-state index in [0.717, 1.165) is 16.8 Å². The van der Waals surface area contributed by atoms with Crippen molar-refractivity contribution in [3.8, 4) is 23.3 Å². The van der Waals surface area contributed by atoms with Gasteiger partial charge in [0.15, 0.2) is 5.82 Å². The molecule has 5 heteroatoms. The molecule has 3 aromatic rings. The summed E-state index contributed by atoms with van der Waals surface area (Å²) < 4.78 is 0. The van der Waals surface area contributed by atoms with Gasteiger partial charge in [-0.15, -0.1) is 0 Å². The summed E-state index contributed by atoms with van der Waals surface area (Å²) in [5, 5.41) is 22.3. The number of rotatable bonds is 3. The fourth-order valence-electron chi connectivity index (χ4n) is 2.58. The molecule has 2 aromatic carbocycles. The second kappa shape index (κ2) is 6.74. The number of anilines is 3. The average Bonchev–Trinajstić information content (AvgIpc) is 2.64. The molecule has 5 nitrogen and oxygen atoms in total. The standard InChI is InChI=1S/C20H15N5/c1-13-7-9-15(10-8-13)24-20-17(12-22)18(14-5-3-2-4-6-14)16(11-21)19(23)25-20/h2-10H,1H3,(H3,23,24,25). The normalized spacial score (nSPS) is 9.88. The molecule has 0 aliphatic heterocycles. The zero-order valence-electron chi connectivity index (χ0n) is 13.6. The fourth-order valence-corrected chi connectivity index (χ4v) is 2.58. The first-order chi connectivity index (χ1) is 12.1. The van der Waals surface area contributed by atoms with Crippen molar-refractivity contribution in [3.63, 3.8) is 0 Å². The van der Waals surface area contributed by atoms with Crippen molar-refractivity contribution in [2.24, 2.45) is 0 Å². The molecule has 0 atom stereocenters. The Morgan fingerprint density at radius 1 is 0.920 bits per heavy atom. The molecule has 0 spiro atoms. The molecule has 25 heavy (non-hydrogen) atoms. The monoisotopic (exact) mass is 325 g/mol. The molecule has 0 bridgehead atoms. The van der Waals surface area contributed by atoms with Crippen LogP contribution >= 0.6 is 0 Å². The Morgan fingerprint density at radius 2 is 1.56 bits per heavy atom. The van der Waals surface area contributed by atoms with Crippen LogP contribution in [0.2, 0.25) is 0 Å². The number of nitrogens with zero attached hydrogens (tertiary/aromatic N) is 3. The van der Waals surface area contributed by atoms with Gasteiger partial charge in [0.1, 0.15) is 29.1 Å². The number of nitrogens with two attached hydrogens (primary N) is 1. The minimum Gasteiger partial charge on any atom is -0.383 e. The molecule has 0 saturated heterocycles. The molecule has 0 unspecified atom stereocenters. The number of nitriles is 2. The predicted octanol–water partition coefficient (Wildman–Crippen LogP) is 4.13. The van der Waals surface area contributed by atoms with Gasteiger partial charge in [-0.05, 0) is 24.6 Å². The van der Waals surface area contributed by atoms with Crippen LogP contribution < -0.4 is 11.1 Å². The summed E-state index contributed by atoms with van der Waals surface area (Å²) in [7, 11) is 0. The van der Waals surface area contributed by atoms with E-state index >= 15 is 0 Å². The first-order valence-corrected chi connectivity index (χ1v) is 7.67. The molecule has 1 heterocycles. The third kappa shape index (κ3) is 3.12. The van der Waals surface area contributed by atoms with Crippen LogP contribution in [0.3, 0.4) is 0 Å². The number of aryl methyl sites for hydroxylation is 1. The molecule has 0 aliphatic rings. The van der Waals surface area contributed by atoms with Gasteiger partial charge in [0, 0.05) is 11.3 Å². The van der Waals surface area contributed by atoms with Gasteiger partial charge in [-0.3, -0.25) is 0 Å². The van der Waals surface area contributed by atoms with E-state index in [1.54, 1.807) is 0 Å². The van der Waals surface area contributed by atoms with E-state index in [-0.39, 0.29) is 16.9 Å². The van der Waals surface area contributed by atoms with Crippen LogP contribution in [0.4, 0.5) is 17.3 Å². The zero-order chi connectivity index (χ0) is 17.8. The van der Waals surface area contributed by atoms with Crippen molar-refractivity contribution in [1.29, 1.82) is 10.5 Å². The number of hydrogen-bond acceptors (Lipinski definition) is 5. The van der Waals surface area contributed by atoms with Gasteiger partial charge in [0.25, 0.3) is 0 Å². The Morgan fingerprint density at radius 3 is 2.16 bits per heavy atom. The summed E-state index contributed by atoms with van der Waals surface area (Å²) in [5.74, 6) is 0.427. The first kappa shape index (κ1) is 16.0. The van der Waals surface area contributed by atoms with Gasteiger partial charge in [-0.1, -0.05) is 48.0 Å². The minimum absolute atomic E-state index is 0.0926. The quantitative estimate of drug-likeness (QED) is 0.754. The van der Waals surface area contributed by atoms with Gasteiger partial charge in [-0.25, -0.2) is 4.98 Å². The van der Waals surface area contributed by atoms with Crippen molar-refractivity contribution in [2.45, 2.75) is 6.92 Å². The van der Waals surface area contributed by atoms with E-state index in [2.05, 4.69) is 22.4 Å². The molecule has 3 rings (SSSR count). The highest BCUT2D eigenvalue weighted by molar-refractivity contribution is 5.86. The topological polar surface area (TPSA) is 98.5 Å². The highest BCUT2D eigenvalue weighted by atomic mass is 15.0. The van der Waals surface area contributed by atoms with Crippen LogP contribution in [0, 0.1) is 29.6 Å². The summed E-state index contributed by atoms with van der Waals surface area (Å²) in [4.78, 5) is 4.24. The van der Waals surface area contributed by atoms with Crippen molar-refractivity contribution in [1.82, 2.24) is 4.98 Å². The summed E-state index contributed by atoms with van der Waals surface area (Å²) in [5.41, 5.74) is 9.64. The van der Waals surface area contributed by atoms with Crippen LogP contribution in [-0.2, 0) is 0 Å². The van der Waals surface area contributed by atoms with Crippen LogP contribution in [-0.4, -0.2) is 4.98 Å². The Hall–Kier alpha value is -3.83. The maximum atomic E-state index is 9.71. The first-order valence-electron chi connectivity index (χ1n) is 7.67. The van der Waals surface area contributed by atoms with Crippen LogP contribution in [0.15, 0.2) is 54.6 Å². The second-order valence-corrected chi connectivity index (χ2v) is 5.55. The van der Waals surface area contributed by atoms with Crippen LogP contribution in [0.5, 0.6) is 0 Å². The van der Waals surface area contributed by atoms with Crippen molar-refractivity contribution in [3.05, 3.63) is 71.3 Å². The molecule has 0 fully saturated rings. The fraction of sp³-hybridized carbons (Fsp3) is 0.0500. The van der Waals surface area contributed by atoms with E-state index in [4.69, 9.17) is 5.73 Å². The van der Waals surface area contributed by atoms with E-state index in [1.165, 1.54) is 0 Å². The SMILES string of the molecule is Cc1ccc(Nc2nc(N)c(C#N)c(-c3ccccc3)c2C#N)cc1. The molecule has 3 N–H and O–H groups in total. The zero-order valence-corrected chi connectivity index (χ0v) is 13.6. The third-order valence-electron chi connectivity index (χ3n) is 3.83. The molecular formula is C20H15N5. The van der Waals surface area contributed by atoms with Crippen LogP contribution in [0.25, 0.3) is 11.1 Å². The van der Waals surface area contributed by atoms with E-state index in [9.17, 15) is 10.5 Å². The molecule has 0 saturated carbocycles. The van der Waals surface area contributed by atoms with Gasteiger partial charge < -0.3 is 11.1 Å². The van der Waals surface area contributed by atoms with Gasteiger partial charge in [0.2, 0.25) is 0 Å². The summed E-state index contributed by atoms with van der Waals surface area (Å²) in [6, 6.07) is 21.2. The maximum absolute atomic E-state index is 9.71. The average molecular weight is 325 g/mol. The predicted molar refractivity (Wildman–Crippen MR) is 98.0 cm³/mol. The second-order valence-electron chi connectivity index (χ2n) is 5.55. The lowest BCUT2D eigenvalue weighted by atomic mass is 9.96. The summed E-state index contributed by atoms with van der Waals surface area (Å²) in [6.07, 6.45) is 0. The molecular weight excluding hydrogens is 310 g/mol. The lowest BCUT2D eigenvalue weighted by Crippen LogP contribution is -2.06. The largest absolute Gasteiger partial charge is 0.383 e. The molecule has 0 aliphatic carbocycles.